The van der Waals surface area contributed by atoms with E-state index in [1.807, 2.05) is 4.90 Å². The van der Waals surface area contributed by atoms with Crippen molar-refractivity contribution in [3.63, 3.8) is 0 Å². The van der Waals surface area contributed by atoms with Crippen molar-refractivity contribution in [1.29, 1.82) is 0 Å². The first-order chi connectivity index (χ1) is 9.24. The minimum absolute atomic E-state index is 0.0586. The summed E-state index contributed by atoms with van der Waals surface area (Å²) in [7, 11) is 0. The molecular formula is C15H22N2O2. The van der Waals surface area contributed by atoms with Crippen LogP contribution in [-0.2, 0) is 0 Å². The van der Waals surface area contributed by atoms with E-state index in [0.29, 0.717) is 24.7 Å². The molecule has 0 saturated heterocycles. The van der Waals surface area contributed by atoms with Crippen LogP contribution in [0.3, 0.4) is 0 Å². The molecule has 0 aromatic heterocycles. The number of carbonyl (C=O) groups excluding carboxylic acids is 1. The van der Waals surface area contributed by atoms with E-state index >= 15 is 0 Å². The monoisotopic (exact) mass is 262 g/mol. The fraction of sp³-hybridized carbons (Fsp3) is 0.533. The van der Waals surface area contributed by atoms with Crippen LogP contribution in [0.1, 0.15) is 42.5 Å². The minimum atomic E-state index is -0.0709. The van der Waals surface area contributed by atoms with Crippen molar-refractivity contribution in [3.8, 4) is 5.75 Å². The number of carbonyl (C=O) groups is 1. The van der Waals surface area contributed by atoms with Crippen molar-refractivity contribution in [2.45, 2.75) is 38.1 Å². The zero-order valence-electron chi connectivity index (χ0n) is 11.2. The summed E-state index contributed by atoms with van der Waals surface area (Å²) in [5.74, 6) is -0.0123. The van der Waals surface area contributed by atoms with Crippen LogP contribution in [0.15, 0.2) is 24.3 Å². The summed E-state index contributed by atoms with van der Waals surface area (Å²) >= 11 is 0. The van der Waals surface area contributed by atoms with E-state index in [9.17, 15) is 9.90 Å². The molecule has 1 aliphatic carbocycles. The Bertz CT molecular complexity index is 428. The molecule has 0 heterocycles. The maximum Gasteiger partial charge on any atom is 0.257 e. The van der Waals surface area contributed by atoms with Crippen molar-refractivity contribution >= 4 is 5.91 Å². The van der Waals surface area contributed by atoms with Crippen molar-refractivity contribution in [2.24, 2.45) is 5.73 Å². The third-order valence-electron chi connectivity index (χ3n) is 3.76. The first-order valence-electron chi connectivity index (χ1n) is 7.03. The van der Waals surface area contributed by atoms with Gasteiger partial charge in [-0.15, -0.1) is 0 Å². The smallest absolute Gasteiger partial charge is 0.257 e. The molecule has 0 bridgehead atoms. The van der Waals surface area contributed by atoms with Crippen LogP contribution >= 0.6 is 0 Å². The number of nitrogens with zero attached hydrogens (tertiary/aromatic N) is 1. The predicted octanol–water partition coefficient (Wildman–Crippen LogP) is 2.13. The average Bonchev–Trinajstić information content (AvgIpc) is 2.93. The van der Waals surface area contributed by atoms with Gasteiger partial charge in [-0.25, -0.2) is 0 Å². The van der Waals surface area contributed by atoms with Gasteiger partial charge >= 0.3 is 0 Å². The Morgan fingerprint density at radius 2 is 2.00 bits per heavy atom. The van der Waals surface area contributed by atoms with E-state index in [0.717, 1.165) is 19.3 Å². The van der Waals surface area contributed by atoms with E-state index in [-0.39, 0.29) is 11.7 Å². The number of para-hydroxylation sites is 1. The highest BCUT2D eigenvalue weighted by Gasteiger charge is 2.28. The summed E-state index contributed by atoms with van der Waals surface area (Å²) in [5, 5.41) is 9.83. The summed E-state index contributed by atoms with van der Waals surface area (Å²) in [5.41, 5.74) is 5.95. The topological polar surface area (TPSA) is 66.6 Å². The Hall–Kier alpha value is -1.55. The number of phenols is 1. The number of hydrogen-bond donors (Lipinski definition) is 2. The second-order valence-corrected chi connectivity index (χ2v) is 5.10. The molecular weight excluding hydrogens is 240 g/mol. The van der Waals surface area contributed by atoms with E-state index in [2.05, 4.69) is 0 Å². The number of phenolic OH excluding ortho intramolecular Hbond substituents is 1. The number of benzene rings is 1. The van der Waals surface area contributed by atoms with Crippen molar-refractivity contribution in [1.82, 2.24) is 4.90 Å². The molecule has 0 radical (unpaired) electrons. The van der Waals surface area contributed by atoms with Gasteiger partial charge in [0.15, 0.2) is 0 Å². The largest absolute Gasteiger partial charge is 0.507 e. The molecule has 0 atom stereocenters. The SMILES string of the molecule is NCCCN(C(=O)c1ccccc1O)C1CCCC1. The first kappa shape index (κ1) is 13.9. The zero-order chi connectivity index (χ0) is 13.7. The number of nitrogens with two attached hydrogens (primary N) is 1. The molecule has 0 unspecified atom stereocenters. The number of aromatic hydroxyl groups is 1. The fourth-order valence-corrected chi connectivity index (χ4v) is 2.74. The third-order valence-corrected chi connectivity index (χ3v) is 3.76. The third kappa shape index (κ3) is 3.26. The van der Waals surface area contributed by atoms with E-state index in [1.165, 1.54) is 12.8 Å². The Morgan fingerprint density at radius 1 is 1.32 bits per heavy atom. The molecule has 104 valence electrons. The Balaban J connectivity index is 2.17. The molecule has 2 rings (SSSR count). The molecule has 1 saturated carbocycles. The first-order valence-corrected chi connectivity index (χ1v) is 7.03. The van der Waals surface area contributed by atoms with Gasteiger partial charge in [-0.3, -0.25) is 4.79 Å². The number of amides is 1. The minimum Gasteiger partial charge on any atom is -0.507 e. The van der Waals surface area contributed by atoms with Crippen molar-refractivity contribution in [2.75, 3.05) is 13.1 Å². The lowest BCUT2D eigenvalue weighted by Crippen LogP contribution is -2.40. The van der Waals surface area contributed by atoms with E-state index < -0.39 is 0 Å². The lowest BCUT2D eigenvalue weighted by atomic mass is 10.1. The normalized spacial score (nSPS) is 15.6. The van der Waals surface area contributed by atoms with E-state index in [1.54, 1.807) is 24.3 Å². The molecule has 1 aromatic carbocycles. The molecule has 1 aromatic rings. The summed E-state index contributed by atoms with van der Waals surface area (Å²) in [4.78, 5) is 14.5. The summed E-state index contributed by atoms with van der Waals surface area (Å²) in [6.45, 7) is 1.26. The van der Waals surface area contributed by atoms with Gasteiger partial charge in [0.25, 0.3) is 5.91 Å². The highest BCUT2D eigenvalue weighted by atomic mass is 16.3. The summed E-state index contributed by atoms with van der Waals surface area (Å²) in [6.07, 6.45) is 5.28. The highest BCUT2D eigenvalue weighted by molar-refractivity contribution is 5.97. The Labute approximate surface area is 114 Å². The van der Waals surface area contributed by atoms with Crippen LogP contribution < -0.4 is 5.73 Å². The van der Waals surface area contributed by atoms with Gasteiger partial charge in [-0.2, -0.15) is 0 Å². The van der Waals surface area contributed by atoms with Gasteiger partial charge in [0, 0.05) is 12.6 Å². The summed E-state index contributed by atoms with van der Waals surface area (Å²) < 4.78 is 0. The molecule has 4 heteroatoms. The van der Waals surface area contributed by atoms with Gasteiger partial charge in [0.1, 0.15) is 5.75 Å². The standard InChI is InChI=1S/C15H22N2O2/c16-10-5-11-17(12-6-1-2-7-12)15(19)13-8-3-4-9-14(13)18/h3-4,8-9,12,18H,1-2,5-7,10-11,16H2. The molecule has 3 N–H and O–H groups in total. The Morgan fingerprint density at radius 3 is 2.63 bits per heavy atom. The molecule has 0 spiro atoms. The van der Waals surface area contributed by atoms with Crippen LogP contribution in [0.4, 0.5) is 0 Å². The highest BCUT2D eigenvalue weighted by Crippen LogP contribution is 2.27. The molecule has 1 fully saturated rings. The number of hydrogen-bond acceptors (Lipinski definition) is 3. The van der Waals surface area contributed by atoms with Crippen LogP contribution in [0.5, 0.6) is 5.75 Å². The second-order valence-electron chi connectivity index (χ2n) is 5.10. The quantitative estimate of drug-likeness (QED) is 0.854. The van der Waals surface area contributed by atoms with Gasteiger partial charge in [0.05, 0.1) is 5.56 Å². The molecule has 19 heavy (non-hydrogen) atoms. The molecule has 0 aliphatic heterocycles. The molecule has 1 aliphatic rings. The van der Waals surface area contributed by atoms with Crippen molar-refractivity contribution < 1.29 is 9.90 Å². The summed E-state index contributed by atoms with van der Waals surface area (Å²) in [6, 6.07) is 7.05. The van der Waals surface area contributed by atoms with Gasteiger partial charge in [0.2, 0.25) is 0 Å². The molecule has 1 amide bonds. The molecule has 4 nitrogen and oxygen atoms in total. The zero-order valence-corrected chi connectivity index (χ0v) is 11.2. The number of rotatable bonds is 5. The van der Waals surface area contributed by atoms with E-state index in [4.69, 9.17) is 5.73 Å². The Kier molecular flexibility index (Phi) is 4.80. The second kappa shape index (κ2) is 6.57. The van der Waals surface area contributed by atoms with Gasteiger partial charge in [-0.1, -0.05) is 25.0 Å². The maximum absolute atomic E-state index is 12.6. The fourth-order valence-electron chi connectivity index (χ4n) is 2.74. The van der Waals surface area contributed by atoms with Crippen LogP contribution in [0.2, 0.25) is 0 Å². The lowest BCUT2D eigenvalue weighted by Gasteiger charge is -2.29. The van der Waals surface area contributed by atoms with Crippen LogP contribution in [0.25, 0.3) is 0 Å². The maximum atomic E-state index is 12.6. The van der Waals surface area contributed by atoms with Crippen LogP contribution in [0, 0.1) is 0 Å². The predicted molar refractivity (Wildman–Crippen MR) is 75.1 cm³/mol. The van der Waals surface area contributed by atoms with Crippen molar-refractivity contribution in [3.05, 3.63) is 29.8 Å². The van der Waals surface area contributed by atoms with Gasteiger partial charge < -0.3 is 15.7 Å². The van der Waals surface area contributed by atoms with Crippen LogP contribution in [-0.4, -0.2) is 35.0 Å². The van der Waals surface area contributed by atoms with Gasteiger partial charge in [-0.05, 0) is 37.9 Å². The lowest BCUT2D eigenvalue weighted by molar-refractivity contribution is 0.0677. The average molecular weight is 262 g/mol.